The number of rotatable bonds is 9. The number of ether oxygens (including phenoxy) is 1. The van der Waals surface area contributed by atoms with E-state index in [0.717, 1.165) is 31.2 Å². The van der Waals surface area contributed by atoms with Gasteiger partial charge in [0.15, 0.2) is 0 Å². The Kier molecular flexibility index (Phi) is 8.00. The molecule has 0 spiro atoms. The van der Waals surface area contributed by atoms with Crippen molar-refractivity contribution in [2.75, 3.05) is 13.1 Å². The van der Waals surface area contributed by atoms with Gasteiger partial charge in [0.05, 0.1) is 0 Å². The molecule has 1 amide bonds. The number of benzene rings is 1. The van der Waals surface area contributed by atoms with Crippen molar-refractivity contribution in [3.63, 3.8) is 0 Å². The molecule has 0 bridgehead atoms. The van der Waals surface area contributed by atoms with E-state index in [-0.39, 0.29) is 6.09 Å². The molecule has 3 nitrogen and oxygen atoms in total. The number of hydrogen-bond acceptors (Lipinski definition) is 2. The molecule has 0 aliphatic heterocycles. The van der Waals surface area contributed by atoms with Gasteiger partial charge in [-0.15, -0.1) is 0 Å². The van der Waals surface area contributed by atoms with E-state index in [0.29, 0.717) is 13.1 Å². The summed E-state index contributed by atoms with van der Waals surface area (Å²) in [6.07, 6.45) is 4.88. The Balaban J connectivity index is 3.01. The molecule has 0 saturated heterocycles. The second-order valence-electron chi connectivity index (χ2n) is 5.71. The van der Waals surface area contributed by atoms with Crippen LogP contribution in [0.2, 0.25) is 0 Å². The molecule has 0 radical (unpaired) electrons. The maximum atomic E-state index is 12.5. The number of hydrogen-bond donors (Lipinski definition) is 0. The molecule has 1 aromatic rings. The van der Waals surface area contributed by atoms with Gasteiger partial charge in [-0.05, 0) is 38.7 Å². The fourth-order valence-corrected chi connectivity index (χ4v) is 2.82. The van der Waals surface area contributed by atoms with Crippen LogP contribution in [0.1, 0.15) is 65.4 Å². The molecule has 1 unspecified atom stereocenters. The molecular formula is C19H31NO2. The van der Waals surface area contributed by atoms with Gasteiger partial charge >= 0.3 is 6.09 Å². The molecule has 3 heteroatoms. The van der Waals surface area contributed by atoms with Crippen molar-refractivity contribution in [1.82, 2.24) is 4.90 Å². The Morgan fingerprint density at radius 1 is 1.05 bits per heavy atom. The van der Waals surface area contributed by atoms with E-state index in [4.69, 9.17) is 4.74 Å². The van der Waals surface area contributed by atoms with Crippen molar-refractivity contribution in [2.24, 2.45) is 0 Å². The average Bonchev–Trinajstić information content (AvgIpc) is 2.56. The highest BCUT2D eigenvalue weighted by Gasteiger charge is 2.35. The number of amides is 1. The van der Waals surface area contributed by atoms with Gasteiger partial charge in [-0.2, -0.15) is 0 Å². The lowest BCUT2D eigenvalue weighted by molar-refractivity contribution is -0.0230. The molecule has 0 heterocycles. The van der Waals surface area contributed by atoms with E-state index in [9.17, 15) is 4.79 Å². The standard InChI is InChI=1S/C19H31NO2/c1-5-9-13-16-19(6-2,17-14-11-10-12-15-17)22-18(21)20(7-3)8-4/h10-12,14-15H,5-9,13,16H2,1-4H3. The zero-order chi connectivity index (χ0) is 16.4. The van der Waals surface area contributed by atoms with Crippen LogP contribution in [0.3, 0.4) is 0 Å². The predicted octanol–water partition coefficient (Wildman–Crippen LogP) is 5.35. The summed E-state index contributed by atoms with van der Waals surface area (Å²) >= 11 is 0. The van der Waals surface area contributed by atoms with E-state index < -0.39 is 5.60 Å². The van der Waals surface area contributed by atoms with E-state index in [1.54, 1.807) is 4.90 Å². The summed E-state index contributed by atoms with van der Waals surface area (Å²) in [6, 6.07) is 10.2. The van der Waals surface area contributed by atoms with Crippen LogP contribution in [0.25, 0.3) is 0 Å². The third-order valence-corrected chi connectivity index (χ3v) is 4.36. The molecule has 22 heavy (non-hydrogen) atoms. The predicted molar refractivity (Wildman–Crippen MR) is 92.0 cm³/mol. The summed E-state index contributed by atoms with van der Waals surface area (Å²) in [7, 11) is 0. The maximum Gasteiger partial charge on any atom is 0.410 e. The molecule has 1 rings (SSSR count). The molecule has 0 saturated carbocycles. The summed E-state index contributed by atoms with van der Waals surface area (Å²) in [5, 5.41) is 0. The van der Waals surface area contributed by atoms with Gasteiger partial charge in [-0.1, -0.05) is 57.0 Å². The highest BCUT2D eigenvalue weighted by atomic mass is 16.6. The average molecular weight is 305 g/mol. The molecule has 124 valence electrons. The molecule has 1 atom stereocenters. The van der Waals surface area contributed by atoms with Gasteiger partial charge < -0.3 is 9.64 Å². The van der Waals surface area contributed by atoms with Crippen molar-refractivity contribution in [2.45, 2.75) is 65.4 Å². The van der Waals surface area contributed by atoms with Gasteiger partial charge in [-0.25, -0.2) is 4.79 Å². The fourth-order valence-electron chi connectivity index (χ4n) is 2.82. The van der Waals surface area contributed by atoms with Gasteiger partial charge in [0.1, 0.15) is 5.60 Å². The van der Waals surface area contributed by atoms with E-state index in [2.05, 4.69) is 26.0 Å². The van der Waals surface area contributed by atoms with Crippen molar-refractivity contribution >= 4 is 6.09 Å². The van der Waals surface area contributed by atoms with Crippen molar-refractivity contribution in [3.05, 3.63) is 35.9 Å². The zero-order valence-corrected chi connectivity index (χ0v) is 14.6. The highest BCUT2D eigenvalue weighted by Crippen LogP contribution is 2.35. The summed E-state index contributed by atoms with van der Waals surface area (Å²) in [5.74, 6) is 0. The summed E-state index contributed by atoms with van der Waals surface area (Å²) in [4.78, 5) is 14.2. The maximum absolute atomic E-state index is 12.5. The minimum atomic E-state index is -0.504. The number of unbranched alkanes of at least 4 members (excludes halogenated alkanes) is 2. The van der Waals surface area contributed by atoms with Crippen LogP contribution < -0.4 is 0 Å². The van der Waals surface area contributed by atoms with E-state index >= 15 is 0 Å². The van der Waals surface area contributed by atoms with Crippen LogP contribution in [0.4, 0.5) is 4.79 Å². The van der Waals surface area contributed by atoms with Crippen LogP contribution in [-0.2, 0) is 10.3 Å². The lowest BCUT2D eigenvalue weighted by Crippen LogP contribution is -2.39. The monoisotopic (exact) mass is 305 g/mol. The van der Waals surface area contributed by atoms with Crippen LogP contribution in [0, 0.1) is 0 Å². The lowest BCUT2D eigenvalue weighted by atomic mass is 9.85. The zero-order valence-electron chi connectivity index (χ0n) is 14.6. The molecule has 0 aliphatic carbocycles. The van der Waals surface area contributed by atoms with Crippen LogP contribution >= 0.6 is 0 Å². The van der Waals surface area contributed by atoms with Crippen molar-refractivity contribution < 1.29 is 9.53 Å². The number of carbonyl (C=O) groups is 1. The minimum absolute atomic E-state index is 0.202. The molecule has 0 N–H and O–H groups in total. The first kappa shape index (κ1) is 18.5. The molecular weight excluding hydrogens is 274 g/mol. The van der Waals surface area contributed by atoms with Gasteiger partial charge in [0.25, 0.3) is 0 Å². The Morgan fingerprint density at radius 3 is 2.18 bits per heavy atom. The highest BCUT2D eigenvalue weighted by molar-refractivity contribution is 5.68. The first-order valence-electron chi connectivity index (χ1n) is 8.66. The van der Waals surface area contributed by atoms with E-state index in [1.807, 2.05) is 32.0 Å². The second-order valence-corrected chi connectivity index (χ2v) is 5.71. The minimum Gasteiger partial charge on any atom is -0.438 e. The Labute approximate surface area is 135 Å². The Hall–Kier alpha value is -1.51. The normalized spacial score (nSPS) is 13.5. The first-order chi connectivity index (χ1) is 10.6. The van der Waals surface area contributed by atoms with E-state index in [1.165, 1.54) is 6.42 Å². The lowest BCUT2D eigenvalue weighted by Gasteiger charge is -2.35. The Bertz CT molecular complexity index is 428. The van der Waals surface area contributed by atoms with Crippen LogP contribution in [0.5, 0.6) is 0 Å². The third kappa shape index (κ3) is 4.75. The molecule has 0 aliphatic rings. The van der Waals surface area contributed by atoms with Crippen LogP contribution in [0.15, 0.2) is 30.3 Å². The van der Waals surface area contributed by atoms with Crippen molar-refractivity contribution in [3.8, 4) is 0 Å². The quantitative estimate of drug-likeness (QED) is 0.575. The molecule has 0 fully saturated rings. The summed E-state index contributed by atoms with van der Waals surface area (Å²) < 4.78 is 6.05. The number of carbonyl (C=O) groups excluding carboxylic acids is 1. The summed E-state index contributed by atoms with van der Waals surface area (Å²) in [5.41, 5.74) is 0.602. The van der Waals surface area contributed by atoms with Gasteiger partial charge in [0.2, 0.25) is 0 Å². The smallest absolute Gasteiger partial charge is 0.410 e. The van der Waals surface area contributed by atoms with Crippen molar-refractivity contribution in [1.29, 1.82) is 0 Å². The topological polar surface area (TPSA) is 29.5 Å². The third-order valence-electron chi connectivity index (χ3n) is 4.36. The first-order valence-corrected chi connectivity index (χ1v) is 8.66. The fraction of sp³-hybridized carbons (Fsp3) is 0.632. The second kappa shape index (κ2) is 9.50. The SMILES string of the molecule is CCCCCC(CC)(OC(=O)N(CC)CC)c1ccccc1. The molecule has 0 aromatic heterocycles. The summed E-state index contributed by atoms with van der Waals surface area (Å²) in [6.45, 7) is 9.63. The van der Waals surface area contributed by atoms with Gasteiger partial charge in [-0.3, -0.25) is 0 Å². The van der Waals surface area contributed by atoms with Gasteiger partial charge in [0, 0.05) is 13.1 Å². The van der Waals surface area contributed by atoms with Crippen LogP contribution in [-0.4, -0.2) is 24.1 Å². The molecule has 1 aromatic carbocycles. The Morgan fingerprint density at radius 2 is 1.68 bits per heavy atom. The largest absolute Gasteiger partial charge is 0.438 e. The number of nitrogens with zero attached hydrogens (tertiary/aromatic N) is 1.